The van der Waals surface area contributed by atoms with E-state index in [1.54, 1.807) is 6.07 Å². The highest BCUT2D eigenvalue weighted by atomic mass is 79.9. The van der Waals surface area contributed by atoms with E-state index in [4.69, 9.17) is 10.00 Å². The Bertz CT molecular complexity index is 644. The van der Waals surface area contributed by atoms with Gasteiger partial charge in [-0.15, -0.1) is 0 Å². The van der Waals surface area contributed by atoms with E-state index in [1.165, 1.54) is 11.1 Å². The minimum Gasteiger partial charge on any atom is -0.488 e. The Labute approximate surface area is 121 Å². The van der Waals surface area contributed by atoms with E-state index >= 15 is 0 Å². The molecule has 0 unspecified atom stereocenters. The number of hydrogen-bond acceptors (Lipinski definition) is 2. The molecule has 0 aromatic heterocycles. The zero-order valence-corrected chi connectivity index (χ0v) is 12.5. The number of aryl methyl sites for hydroxylation is 2. The number of hydrogen-bond donors (Lipinski definition) is 0. The van der Waals surface area contributed by atoms with Crippen LogP contribution >= 0.6 is 15.9 Å². The minimum atomic E-state index is 0.476. The summed E-state index contributed by atoms with van der Waals surface area (Å²) < 4.78 is 6.64. The third-order valence-corrected chi connectivity index (χ3v) is 3.44. The Morgan fingerprint density at radius 2 is 1.95 bits per heavy atom. The molecular weight excluding hydrogens is 302 g/mol. The van der Waals surface area contributed by atoms with Gasteiger partial charge >= 0.3 is 0 Å². The molecule has 0 aliphatic carbocycles. The van der Waals surface area contributed by atoms with Crippen LogP contribution in [0, 0.1) is 25.2 Å². The zero-order chi connectivity index (χ0) is 13.8. The second-order valence-corrected chi connectivity index (χ2v) is 5.39. The smallest absolute Gasteiger partial charge is 0.137 e. The van der Waals surface area contributed by atoms with Crippen LogP contribution in [-0.2, 0) is 6.61 Å². The lowest BCUT2D eigenvalue weighted by atomic mass is 10.1. The number of halogens is 1. The third kappa shape index (κ3) is 3.36. The van der Waals surface area contributed by atoms with Gasteiger partial charge in [-0.2, -0.15) is 5.26 Å². The molecule has 3 heteroatoms. The van der Waals surface area contributed by atoms with E-state index < -0.39 is 0 Å². The fourth-order valence-corrected chi connectivity index (χ4v) is 2.19. The third-order valence-electron chi connectivity index (χ3n) is 2.95. The average molecular weight is 316 g/mol. The van der Waals surface area contributed by atoms with Crippen molar-refractivity contribution in [2.45, 2.75) is 20.5 Å². The molecule has 0 N–H and O–H groups in total. The Morgan fingerprint density at radius 1 is 1.16 bits per heavy atom. The molecule has 0 atom stereocenters. The molecule has 2 aromatic carbocycles. The van der Waals surface area contributed by atoms with Crippen LogP contribution in [0.15, 0.2) is 40.9 Å². The van der Waals surface area contributed by atoms with Gasteiger partial charge in [0.2, 0.25) is 0 Å². The highest BCUT2D eigenvalue weighted by Crippen LogP contribution is 2.24. The lowest BCUT2D eigenvalue weighted by Crippen LogP contribution is -2.00. The van der Waals surface area contributed by atoms with Gasteiger partial charge in [0.05, 0.1) is 5.56 Å². The molecule has 2 aromatic rings. The molecule has 0 aliphatic rings. The van der Waals surface area contributed by atoms with E-state index in [9.17, 15) is 0 Å². The van der Waals surface area contributed by atoms with Crippen LogP contribution in [0.3, 0.4) is 0 Å². The molecule has 2 nitrogen and oxygen atoms in total. The maximum absolute atomic E-state index is 9.09. The SMILES string of the molecule is Cc1ccc(C)c(COc2ccc(Br)cc2C#N)c1. The maximum atomic E-state index is 9.09. The van der Waals surface area contributed by atoms with Gasteiger partial charge in [-0.1, -0.05) is 39.7 Å². The van der Waals surface area contributed by atoms with Gasteiger partial charge < -0.3 is 4.74 Å². The second-order valence-electron chi connectivity index (χ2n) is 4.47. The summed E-state index contributed by atoms with van der Waals surface area (Å²) in [6, 6.07) is 13.9. The average Bonchev–Trinajstić information content (AvgIpc) is 2.40. The van der Waals surface area contributed by atoms with Crippen LogP contribution in [0.4, 0.5) is 0 Å². The van der Waals surface area contributed by atoms with Crippen molar-refractivity contribution in [3.63, 3.8) is 0 Å². The monoisotopic (exact) mass is 315 g/mol. The van der Waals surface area contributed by atoms with E-state index in [-0.39, 0.29) is 0 Å². The van der Waals surface area contributed by atoms with E-state index in [0.29, 0.717) is 17.9 Å². The topological polar surface area (TPSA) is 33.0 Å². The normalized spacial score (nSPS) is 10.0. The van der Waals surface area contributed by atoms with Crippen molar-refractivity contribution in [2.24, 2.45) is 0 Å². The van der Waals surface area contributed by atoms with Crippen LogP contribution in [0.1, 0.15) is 22.3 Å². The summed E-state index contributed by atoms with van der Waals surface area (Å²) in [4.78, 5) is 0. The first-order valence-electron chi connectivity index (χ1n) is 5.99. The van der Waals surface area contributed by atoms with Gasteiger partial charge in [0.25, 0.3) is 0 Å². The number of ether oxygens (including phenoxy) is 1. The fourth-order valence-electron chi connectivity index (χ4n) is 1.83. The fraction of sp³-hybridized carbons (Fsp3) is 0.188. The van der Waals surface area contributed by atoms with Crippen molar-refractivity contribution in [3.8, 4) is 11.8 Å². The van der Waals surface area contributed by atoms with Crippen molar-refractivity contribution in [1.82, 2.24) is 0 Å². The quantitative estimate of drug-likeness (QED) is 0.834. The predicted octanol–water partition coefficient (Wildman–Crippen LogP) is 4.52. The van der Waals surface area contributed by atoms with E-state index in [1.807, 2.05) is 12.1 Å². The first-order valence-corrected chi connectivity index (χ1v) is 6.78. The van der Waals surface area contributed by atoms with E-state index in [2.05, 4.69) is 54.0 Å². The molecule has 96 valence electrons. The van der Waals surface area contributed by atoms with Crippen molar-refractivity contribution in [1.29, 1.82) is 5.26 Å². The first kappa shape index (κ1) is 13.6. The Morgan fingerprint density at radius 3 is 2.68 bits per heavy atom. The Kier molecular flexibility index (Phi) is 4.24. The number of rotatable bonds is 3. The van der Waals surface area contributed by atoms with Crippen LogP contribution in [0.25, 0.3) is 0 Å². The standard InChI is InChI=1S/C16H14BrNO/c1-11-3-4-12(2)14(7-11)10-19-16-6-5-15(17)8-13(16)9-18/h3-8H,10H2,1-2H3. The minimum absolute atomic E-state index is 0.476. The summed E-state index contributed by atoms with van der Waals surface area (Å²) >= 11 is 3.35. The van der Waals surface area contributed by atoms with Gasteiger partial charge in [0, 0.05) is 4.47 Å². The predicted molar refractivity (Wildman–Crippen MR) is 79.1 cm³/mol. The van der Waals surface area contributed by atoms with Crippen LogP contribution in [-0.4, -0.2) is 0 Å². The maximum Gasteiger partial charge on any atom is 0.137 e. The molecule has 0 saturated carbocycles. The van der Waals surface area contributed by atoms with Gasteiger partial charge in [-0.05, 0) is 43.2 Å². The second kappa shape index (κ2) is 5.90. The number of benzene rings is 2. The van der Waals surface area contributed by atoms with Crippen molar-refractivity contribution in [2.75, 3.05) is 0 Å². The van der Waals surface area contributed by atoms with E-state index in [0.717, 1.165) is 10.0 Å². The van der Waals surface area contributed by atoms with Gasteiger partial charge in [0.1, 0.15) is 18.4 Å². The molecule has 19 heavy (non-hydrogen) atoms. The van der Waals surface area contributed by atoms with Crippen molar-refractivity contribution < 1.29 is 4.74 Å². The van der Waals surface area contributed by atoms with Crippen molar-refractivity contribution in [3.05, 3.63) is 63.1 Å². The Hall–Kier alpha value is -1.79. The molecule has 0 amide bonds. The molecule has 0 aliphatic heterocycles. The summed E-state index contributed by atoms with van der Waals surface area (Å²) in [5.74, 6) is 0.617. The molecular formula is C16H14BrNO. The highest BCUT2D eigenvalue weighted by Gasteiger charge is 2.05. The molecule has 0 radical (unpaired) electrons. The van der Waals surface area contributed by atoms with Gasteiger partial charge in [-0.3, -0.25) is 0 Å². The summed E-state index contributed by atoms with van der Waals surface area (Å²) in [6.07, 6.45) is 0. The molecule has 0 bridgehead atoms. The van der Waals surface area contributed by atoms with Crippen LogP contribution in [0.2, 0.25) is 0 Å². The summed E-state index contributed by atoms with van der Waals surface area (Å²) in [5.41, 5.74) is 4.09. The van der Waals surface area contributed by atoms with Gasteiger partial charge in [-0.25, -0.2) is 0 Å². The lowest BCUT2D eigenvalue weighted by molar-refractivity contribution is 0.304. The summed E-state index contributed by atoms with van der Waals surface area (Å²) in [6.45, 7) is 4.60. The highest BCUT2D eigenvalue weighted by molar-refractivity contribution is 9.10. The zero-order valence-electron chi connectivity index (χ0n) is 10.9. The molecule has 0 fully saturated rings. The molecule has 0 saturated heterocycles. The number of nitriles is 1. The largest absolute Gasteiger partial charge is 0.488 e. The van der Waals surface area contributed by atoms with Crippen molar-refractivity contribution >= 4 is 15.9 Å². The van der Waals surface area contributed by atoms with Gasteiger partial charge in [0.15, 0.2) is 0 Å². The lowest BCUT2D eigenvalue weighted by Gasteiger charge is -2.11. The summed E-state index contributed by atoms with van der Waals surface area (Å²) in [5, 5.41) is 9.09. The molecule has 0 spiro atoms. The Balaban J connectivity index is 2.19. The first-order chi connectivity index (χ1) is 9.10. The molecule has 0 heterocycles. The number of nitrogens with zero attached hydrogens (tertiary/aromatic N) is 1. The van der Waals surface area contributed by atoms with Crippen LogP contribution < -0.4 is 4.74 Å². The summed E-state index contributed by atoms with van der Waals surface area (Å²) in [7, 11) is 0. The van der Waals surface area contributed by atoms with Crippen LogP contribution in [0.5, 0.6) is 5.75 Å². The molecule has 2 rings (SSSR count).